The van der Waals surface area contributed by atoms with E-state index in [9.17, 15) is 22.8 Å². The molecule has 1 atom stereocenters. The molecular formula is C23H22ClF3N4O2. The van der Waals surface area contributed by atoms with Gasteiger partial charge in [-0.1, -0.05) is 29.8 Å². The maximum atomic E-state index is 13.5. The Kier molecular flexibility index (Phi) is 6.09. The van der Waals surface area contributed by atoms with Crippen LogP contribution in [0.1, 0.15) is 24.2 Å². The second-order valence-electron chi connectivity index (χ2n) is 8.04. The zero-order valence-electron chi connectivity index (χ0n) is 18.1. The van der Waals surface area contributed by atoms with Crippen molar-refractivity contribution in [3.05, 3.63) is 69.1 Å². The molecule has 0 N–H and O–H groups in total. The molecule has 2 aromatic carbocycles. The zero-order valence-corrected chi connectivity index (χ0v) is 18.8. The summed E-state index contributed by atoms with van der Waals surface area (Å²) in [5.74, 6) is -0.413. The Bertz CT molecular complexity index is 1270. The number of alkyl halides is 3. The van der Waals surface area contributed by atoms with Crippen molar-refractivity contribution >= 4 is 34.2 Å². The van der Waals surface area contributed by atoms with Crippen LogP contribution in [0.15, 0.2) is 47.3 Å². The van der Waals surface area contributed by atoms with Crippen LogP contribution < -0.4 is 10.5 Å². The Morgan fingerprint density at radius 1 is 1.09 bits per heavy atom. The Hall–Kier alpha value is -3.07. The molecule has 1 aliphatic rings. The number of piperazine rings is 1. The van der Waals surface area contributed by atoms with Gasteiger partial charge >= 0.3 is 6.18 Å². The van der Waals surface area contributed by atoms with E-state index in [1.165, 1.54) is 25.1 Å². The van der Waals surface area contributed by atoms with Crippen LogP contribution in [0.3, 0.4) is 0 Å². The fourth-order valence-corrected chi connectivity index (χ4v) is 4.36. The van der Waals surface area contributed by atoms with Crippen LogP contribution in [0.4, 0.5) is 18.9 Å². The van der Waals surface area contributed by atoms with Gasteiger partial charge in [-0.05, 0) is 43.7 Å². The van der Waals surface area contributed by atoms with E-state index < -0.39 is 29.4 Å². The van der Waals surface area contributed by atoms with Crippen molar-refractivity contribution in [3.63, 3.8) is 0 Å². The molecule has 10 heteroatoms. The van der Waals surface area contributed by atoms with Crippen molar-refractivity contribution in [1.82, 2.24) is 14.5 Å². The zero-order chi connectivity index (χ0) is 23.9. The van der Waals surface area contributed by atoms with Gasteiger partial charge in [-0.15, -0.1) is 0 Å². The molecule has 0 aliphatic carbocycles. The molecule has 1 saturated heterocycles. The van der Waals surface area contributed by atoms with Gasteiger partial charge in [-0.3, -0.25) is 14.2 Å². The van der Waals surface area contributed by atoms with E-state index in [-0.39, 0.29) is 11.0 Å². The lowest BCUT2D eigenvalue weighted by molar-refractivity contribution is -0.143. The molecule has 1 aliphatic heterocycles. The number of fused-ring (bicyclic) bond motifs is 1. The SMILES string of the molecule is Cc1ccc(Cl)cc1N1CCN(C(=O)C(C)n2c(=O)c(C(F)(F)F)nc3ccccc32)CC1. The summed E-state index contributed by atoms with van der Waals surface area (Å²) in [6, 6.07) is 10.5. The topological polar surface area (TPSA) is 58.4 Å². The summed E-state index contributed by atoms with van der Waals surface area (Å²) in [5.41, 5.74) is -0.622. The fraction of sp³-hybridized carbons (Fsp3) is 0.348. The van der Waals surface area contributed by atoms with Gasteiger partial charge in [0.15, 0.2) is 0 Å². The summed E-state index contributed by atoms with van der Waals surface area (Å²) in [5, 5.41) is 0.618. The summed E-state index contributed by atoms with van der Waals surface area (Å²) in [4.78, 5) is 33.2. The van der Waals surface area contributed by atoms with Crippen LogP contribution in [0, 0.1) is 6.92 Å². The molecule has 1 fully saturated rings. The monoisotopic (exact) mass is 478 g/mol. The van der Waals surface area contributed by atoms with Crippen LogP contribution in [-0.2, 0) is 11.0 Å². The molecule has 2 heterocycles. The van der Waals surface area contributed by atoms with Gasteiger partial charge in [0.1, 0.15) is 6.04 Å². The van der Waals surface area contributed by atoms with E-state index in [2.05, 4.69) is 9.88 Å². The third kappa shape index (κ3) is 4.42. The lowest BCUT2D eigenvalue weighted by Crippen LogP contribution is -2.51. The highest BCUT2D eigenvalue weighted by Gasteiger charge is 2.39. The molecule has 3 aromatic rings. The van der Waals surface area contributed by atoms with Crippen molar-refractivity contribution in [3.8, 4) is 0 Å². The van der Waals surface area contributed by atoms with Crippen LogP contribution >= 0.6 is 11.6 Å². The number of hydrogen-bond acceptors (Lipinski definition) is 4. The summed E-state index contributed by atoms with van der Waals surface area (Å²) in [6.45, 7) is 5.26. The van der Waals surface area contributed by atoms with Gasteiger partial charge in [-0.25, -0.2) is 4.98 Å². The lowest BCUT2D eigenvalue weighted by atomic mass is 10.1. The van der Waals surface area contributed by atoms with Gasteiger partial charge in [0.2, 0.25) is 11.6 Å². The minimum atomic E-state index is -4.92. The van der Waals surface area contributed by atoms with E-state index in [0.29, 0.717) is 31.2 Å². The minimum Gasteiger partial charge on any atom is -0.368 e. The van der Waals surface area contributed by atoms with Crippen molar-refractivity contribution in [2.24, 2.45) is 0 Å². The quantitative estimate of drug-likeness (QED) is 0.563. The number of aryl methyl sites for hydroxylation is 1. The molecule has 0 bridgehead atoms. The van der Waals surface area contributed by atoms with Crippen LogP contribution in [0.5, 0.6) is 0 Å². The van der Waals surface area contributed by atoms with Gasteiger partial charge in [-0.2, -0.15) is 13.2 Å². The Morgan fingerprint density at radius 2 is 1.76 bits per heavy atom. The minimum absolute atomic E-state index is 0.00493. The molecular weight excluding hydrogens is 457 g/mol. The van der Waals surface area contributed by atoms with E-state index in [4.69, 9.17) is 11.6 Å². The first-order valence-electron chi connectivity index (χ1n) is 10.5. The first-order valence-corrected chi connectivity index (χ1v) is 10.8. The Morgan fingerprint density at radius 3 is 2.42 bits per heavy atom. The van der Waals surface area contributed by atoms with E-state index in [1.54, 1.807) is 11.0 Å². The highest BCUT2D eigenvalue weighted by molar-refractivity contribution is 6.30. The third-order valence-corrected chi connectivity index (χ3v) is 6.15. The maximum Gasteiger partial charge on any atom is 0.438 e. The molecule has 1 unspecified atom stereocenters. The molecule has 33 heavy (non-hydrogen) atoms. The second-order valence-corrected chi connectivity index (χ2v) is 8.48. The van der Waals surface area contributed by atoms with E-state index in [0.717, 1.165) is 15.8 Å². The first-order chi connectivity index (χ1) is 15.6. The predicted molar refractivity (Wildman–Crippen MR) is 121 cm³/mol. The number of rotatable bonds is 3. The van der Waals surface area contributed by atoms with E-state index >= 15 is 0 Å². The van der Waals surface area contributed by atoms with Crippen molar-refractivity contribution < 1.29 is 18.0 Å². The molecule has 1 aromatic heterocycles. The maximum absolute atomic E-state index is 13.5. The molecule has 0 spiro atoms. The molecule has 6 nitrogen and oxygen atoms in total. The number of carbonyl (C=O) groups excluding carboxylic acids is 1. The predicted octanol–water partition coefficient (Wildman–Crippen LogP) is 4.29. The van der Waals surface area contributed by atoms with Crippen LogP contribution in [0.2, 0.25) is 5.02 Å². The smallest absolute Gasteiger partial charge is 0.368 e. The van der Waals surface area contributed by atoms with Gasteiger partial charge in [0.25, 0.3) is 5.56 Å². The van der Waals surface area contributed by atoms with Crippen molar-refractivity contribution in [2.75, 3.05) is 31.1 Å². The van der Waals surface area contributed by atoms with Crippen molar-refractivity contribution in [2.45, 2.75) is 26.1 Å². The first kappa shape index (κ1) is 23.1. The molecule has 0 saturated carbocycles. The number of aromatic nitrogens is 2. The largest absolute Gasteiger partial charge is 0.438 e. The summed E-state index contributed by atoms with van der Waals surface area (Å²) in [6.07, 6.45) is -4.92. The average molecular weight is 479 g/mol. The van der Waals surface area contributed by atoms with Crippen LogP contribution in [0.25, 0.3) is 11.0 Å². The van der Waals surface area contributed by atoms with Gasteiger partial charge in [0, 0.05) is 36.9 Å². The van der Waals surface area contributed by atoms with Gasteiger partial charge in [0.05, 0.1) is 11.0 Å². The summed E-state index contributed by atoms with van der Waals surface area (Å²) < 4.78 is 41.3. The average Bonchev–Trinajstić information content (AvgIpc) is 2.79. The third-order valence-electron chi connectivity index (χ3n) is 5.91. The van der Waals surface area contributed by atoms with E-state index in [1.807, 2.05) is 25.1 Å². The van der Waals surface area contributed by atoms with Crippen molar-refractivity contribution in [1.29, 1.82) is 0 Å². The number of amides is 1. The fourth-order valence-electron chi connectivity index (χ4n) is 4.19. The number of benzene rings is 2. The molecule has 174 valence electrons. The molecule has 0 radical (unpaired) electrons. The lowest BCUT2D eigenvalue weighted by Gasteiger charge is -2.38. The standard InChI is InChI=1S/C23H22ClF3N4O2/c1-14-7-8-16(24)13-19(14)29-9-11-30(12-10-29)21(32)15(2)31-18-6-4-3-5-17(18)28-20(22(31)33)23(25,26)27/h3-8,13,15H,9-12H2,1-2H3. The second kappa shape index (κ2) is 8.70. The molecule has 1 amide bonds. The number of carbonyl (C=O) groups is 1. The summed E-state index contributed by atoms with van der Waals surface area (Å²) in [7, 11) is 0. The number of halogens is 4. The highest BCUT2D eigenvalue weighted by atomic mass is 35.5. The number of anilines is 1. The van der Waals surface area contributed by atoms with Gasteiger partial charge < -0.3 is 9.80 Å². The normalized spacial score (nSPS) is 15.7. The number of nitrogens with zero attached hydrogens (tertiary/aromatic N) is 4. The highest BCUT2D eigenvalue weighted by Crippen LogP contribution is 2.28. The number of hydrogen-bond donors (Lipinski definition) is 0. The summed E-state index contributed by atoms with van der Waals surface area (Å²) >= 11 is 6.12. The number of para-hydroxylation sites is 2. The Labute approximate surface area is 193 Å². The molecule has 4 rings (SSSR count). The Balaban J connectivity index is 1.61. The van der Waals surface area contributed by atoms with Crippen LogP contribution in [-0.4, -0.2) is 46.5 Å².